The van der Waals surface area contributed by atoms with Gasteiger partial charge < -0.3 is 0 Å². The lowest BCUT2D eigenvalue weighted by atomic mass is 9.82. The summed E-state index contributed by atoms with van der Waals surface area (Å²) in [7, 11) is 0. The quantitative estimate of drug-likeness (QED) is 0.182. The minimum absolute atomic E-state index is 0.116. The molecule has 0 bridgehead atoms. The van der Waals surface area contributed by atoms with E-state index in [4.69, 9.17) is 19.9 Å². The second kappa shape index (κ2) is 12.2. The molecule has 9 aromatic rings. The van der Waals surface area contributed by atoms with Gasteiger partial charge in [0.2, 0.25) is 0 Å². The van der Waals surface area contributed by atoms with Crippen molar-refractivity contribution in [1.82, 2.24) is 19.9 Å². The topological polar surface area (TPSA) is 51.6 Å². The Bertz CT molecular complexity index is 2800. The molecule has 0 atom stereocenters. The zero-order valence-corrected chi connectivity index (χ0v) is 29.5. The molecule has 250 valence electrons. The van der Waals surface area contributed by atoms with Crippen molar-refractivity contribution in [2.24, 2.45) is 0 Å². The van der Waals surface area contributed by atoms with E-state index in [0.717, 1.165) is 33.5 Å². The first-order chi connectivity index (χ1) is 26.0. The van der Waals surface area contributed by atoms with Crippen LogP contribution >= 0.6 is 0 Å². The van der Waals surface area contributed by atoms with Crippen molar-refractivity contribution in [1.29, 1.82) is 0 Å². The summed E-state index contributed by atoms with van der Waals surface area (Å²) in [6.45, 7) is 4.67. The molecule has 1 aliphatic carbocycles. The fourth-order valence-electron chi connectivity index (χ4n) is 8.01. The molecule has 2 aromatic heterocycles. The molecule has 0 aliphatic heterocycles. The van der Waals surface area contributed by atoms with Crippen LogP contribution in [-0.2, 0) is 5.41 Å². The number of hydrogen-bond acceptors (Lipinski definition) is 4. The van der Waals surface area contributed by atoms with Gasteiger partial charge >= 0.3 is 0 Å². The van der Waals surface area contributed by atoms with Crippen LogP contribution in [0.3, 0.4) is 0 Å². The molecule has 0 spiro atoms. The molecule has 10 rings (SSSR count). The van der Waals surface area contributed by atoms with Gasteiger partial charge in [0.05, 0.1) is 11.2 Å². The van der Waals surface area contributed by atoms with Crippen molar-refractivity contribution < 1.29 is 0 Å². The second-order valence-electron chi connectivity index (χ2n) is 14.3. The monoisotopic (exact) mass is 678 g/mol. The minimum atomic E-state index is -0.116. The molecule has 4 heteroatoms. The van der Waals surface area contributed by atoms with Crippen molar-refractivity contribution in [3.8, 4) is 67.7 Å². The summed E-state index contributed by atoms with van der Waals surface area (Å²) < 4.78 is 0. The Morgan fingerprint density at radius 2 is 0.981 bits per heavy atom. The second-order valence-corrected chi connectivity index (χ2v) is 14.3. The van der Waals surface area contributed by atoms with Crippen LogP contribution in [0, 0.1) is 0 Å². The third-order valence-electron chi connectivity index (χ3n) is 10.7. The summed E-state index contributed by atoms with van der Waals surface area (Å²) in [5.41, 5.74) is 13.1. The Labute approximate surface area is 308 Å². The van der Waals surface area contributed by atoms with E-state index in [-0.39, 0.29) is 5.41 Å². The number of hydrogen-bond donors (Lipinski definition) is 0. The maximum absolute atomic E-state index is 5.40. The van der Waals surface area contributed by atoms with Gasteiger partial charge in [-0.2, -0.15) is 0 Å². The van der Waals surface area contributed by atoms with Gasteiger partial charge in [0.1, 0.15) is 0 Å². The first kappa shape index (κ1) is 31.0. The zero-order chi connectivity index (χ0) is 35.5. The average molecular weight is 679 g/mol. The van der Waals surface area contributed by atoms with Gasteiger partial charge in [-0.05, 0) is 68.4 Å². The first-order valence-corrected chi connectivity index (χ1v) is 18.1. The standard InChI is InChI=1S/C49H34N4/c1-49(2)40-23-12-11-22-38(40)44-41(49)26-27-42-45(44)39(35-25-24-31-14-9-10-19-34(31)28-35)30-43(50-42)36-20-13-21-37(29-36)48-52-46(32-15-5-3-6-16-32)51-47(53-48)33-17-7-4-8-18-33/h3-30H,1-2H3. The Hall–Kier alpha value is -6.78. The molecule has 0 saturated heterocycles. The summed E-state index contributed by atoms with van der Waals surface area (Å²) in [6, 6.07) is 59.6. The maximum Gasteiger partial charge on any atom is 0.164 e. The number of aromatic nitrogens is 4. The number of nitrogens with zero attached hydrogens (tertiary/aromatic N) is 4. The van der Waals surface area contributed by atoms with E-state index in [1.807, 2.05) is 60.7 Å². The van der Waals surface area contributed by atoms with Crippen molar-refractivity contribution in [2.75, 3.05) is 0 Å². The Balaban J connectivity index is 1.19. The number of pyridine rings is 1. The van der Waals surface area contributed by atoms with E-state index in [1.165, 1.54) is 49.5 Å². The zero-order valence-electron chi connectivity index (χ0n) is 29.5. The highest BCUT2D eigenvalue weighted by atomic mass is 15.0. The van der Waals surface area contributed by atoms with Crippen molar-refractivity contribution in [3.63, 3.8) is 0 Å². The van der Waals surface area contributed by atoms with Gasteiger partial charge in [0.15, 0.2) is 17.5 Å². The lowest BCUT2D eigenvalue weighted by Crippen LogP contribution is -2.14. The Morgan fingerprint density at radius 1 is 0.377 bits per heavy atom. The van der Waals surface area contributed by atoms with Gasteiger partial charge in [0.25, 0.3) is 0 Å². The van der Waals surface area contributed by atoms with Crippen LogP contribution in [0.25, 0.3) is 89.4 Å². The predicted molar refractivity (Wildman–Crippen MR) is 217 cm³/mol. The maximum atomic E-state index is 5.40. The number of fused-ring (bicyclic) bond motifs is 6. The van der Waals surface area contributed by atoms with Crippen molar-refractivity contribution >= 4 is 21.7 Å². The van der Waals surface area contributed by atoms with E-state index in [1.54, 1.807) is 0 Å². The van der Waals surface area contributed by atoms with E-state index >= 15 is 0 Å². The lowest BCUT2D eigenvalue weighted by molar-refractivity contribution is 0.661. The number of benzene rings is 7. The molecular weight excluding hydrogens is 645 g/mol. The largest absolute Gasteiger partial charge is 0.248 e. The molecule has 0 saturated carbocycles. The average Bonchev–Trinajstić information content (AvgIpc) is 3.46. The molecule has 1 aliphatic rings. The highest BCUT2D eigenvalue weighted by molar-refractivity contribution is 6.10. The van der Waals surface area contributed by atoms with Gasteiger partial charge in [-0.3, -0.25) is 0 Å². The molecule has 4 nitrogen and oxygen atoms in total. The SMILES string of the molecule is CC1(C)c2ccccc2-c2c1ccc1nc(-c3cccc(-c4nc(-c5ccccc5)nc(-c5ccccc5)n4)c3)cc(-c3ccc4ccccc4c3)c21. The van der Waals surface area contributed by atoms with Crippen molar-refractivity contribution in [3.05, 3.63) is 181 Å². The lowest BCUT2D eigenvalue weighted by Gasteiger charge is -2.22. The van der Waals surface area contributed by atoms with Crippen LogP contribution < -0.4 is 0 Å². The van der Waals surface area contributed by atoms with Crippen LogP contribution in [0.2, 0.25) is 0 Å². The predicted octanol–water partition coefficient (Wildman–Crippen LogP) is 12.2. The first-order valence-electron chi connectivity index (χ1n) is 18.1. The molecule has 0 fully saturated rings. The highest BCUT2D eigenvalue weighted by Gasteiger charge is 2.37. The van der Waals surface area contributed by atoms with Gasteiger partial charge in [0, 0.05) is 33.1 Å². The van der Waals surface area contributed by atoms with Crippen LogP contribution in [0.15, 0.2) is 170 Å². The van der Waals surface area contributed by atoms with E-state index in [9.17, 15) is 0 Å². The van der Waals surface area contributed by atoms with Crippen LogP contribution in [0.5, 0.6) is 0 Å². The molecule has 0 N–H and O–H groups in total. The van der Waals surface area contributed by atoms with E-state index < -0.39 is 0 Å². The van der Waals surface area contributed by atoms with Gasteiger partial charge in [-0.1, -0.05) is 159 Å². The van der Waals surface area contributed by atoms with Crippen molar-refractivity contribution in [2.45, 2.75) is 19.3 Å². The van der Waals surface area contributed by atoms with Gasteiger partial charge in [-0.25, -0.2) is 19.9 Å². The fraction of sp³-hybridized carbons (Fsp3) is 0.0612. The molecule has 7 aromatic carbocycles. The summed E-state index contributed by atoms with van der Waals surface area (Å²) in [4.78, 5) is 20.3. The molecule has 0 amide bonds. The molecule has 0 unspecified atom stereocenters. The Morgan fingerprint density at radius 3 is 1.72 bits per heavy atom. The minimum Gasteiger partial charge on any atom is -0.248 e. The normalized spacial score (nSPS) is 12.9. The van der Waals surface area contributed by atoms with Crippen LogP contribution in [0.1, 0.15) is 25.0 Å². The molecule has 2 heterocycles. The third kappa shape index (κ3) is 5.22. The van der Waals surface area contributed by atoms with Crippen LogP contribution in [-0.4, -0.2) is 19.9 Å². The van der Waals surface area contributed by atoms with Crippen LogP contribution in [0.4, 0.5) is 0 Å². The van der Waals surface area contributed by atoms with E-state index in [2.05, 4.69) is 123 Å². The summed E-state index contributed by atoms with van der Waals surface area (Å²) in [5, 5.41) is 3.62. The Kier molecular flexibility index (Phi) is 7.12. The number of rotatable bonds is 5. The summed E-state index contributed by atoms with van der Waals surface area (Å²) >= 11 is 0. The fourth-order valence-corrected chi connectivity index (χ4v) is 8.01. The smallest absolute Gasteiger partial charge is 0.164 e. The molecular formula is C49H34N4. The third-order valence-corrected chi connectivity index (χ3v) is 10.7. The van der Waals surface area contributed by atoms with E-state index in [0.29, 0.717) is 17.5 Å². The summed E-state index contributed by atoms with van der Waals surface area (Å²) in [5.74, 6) is 1.89. The van der Waals surface area contributed by atoms with Gasteiger partial charge in [-0.15, -0.1) is 0 Å². The molecule has 53 heavy (non-hydrogen) atoms. The molecule has 0 radical (unpaired) electrons. The summed E-state index contributed by atoms with van der Waals surface area (Å²) in [6.07, 6.45) is 0. The highest BCUT2D eigenvalue weighted by Crippen LogP contribution is 2.53.